The number of nitrogens with two attached hydrogens (primary N) is 2. The van der Waals surface area contributed by atoms with E-state index in [1.54, 1.807) is 6.21 Å². The topological polar surface area (TPSA) is 84.6 Å². The molecule has 4 aliphatic carbocycles. The number of nitrogens with zero attached hydrogens (tertiary/aromatic N) is 1. The monoisotopic (exact) mass is 443 g/mol. The van der Waals surface area contributed by atoms with Crippen molar-refractivity contribution in [2.45, 2.75) is 104 Å². The molecule has 0 spiro atoms. The highest BCUT2D eigenvalue weighted by molar-refractivity contribution is 5.76. The van der Waals surface area contributed by atoms with Crippen molar-refractivity contribution < 1.29 is 5.11 Å². The predicted octanol–water partition coefficient (Wildman–Crippen LogP) is 5.64. The highest BCUT2D eigenvalue weighted by atomic mass is 16.3. The van der Waals surface area contributed by atoms with Gasteiger partial charge in [-0.1, -0.05) is 40.0 Å². The Kier molecular flexibility index (Phi) is 6.75. The summed E-state index contributed by atoms with van der Waals surface area (Å²) in [5.41, 5.74) is 11.7. The van der Waals surface area contributed by atoms with Crippen LogP contribution in [-0.4, -0.2) is 23.5 Å². The third kappa shape index (κ3) is 4.14. The Labute approximate surface area is 196 Å². The van der Waals surface area contributed by atoms with Gasteiger partial charge in [-0.15, -0.1) is 0 Å². The standard InChI is InChI=1S/C28H49N3O/c1-5-19-9-10-23-21-12-14-27(3)24(22(21)11-13-26(23,2)15-19)7-6-8-25(27)28(4,32)18-31-17-20(30)16-29/h16-17,19,21-25,32H,5-15,18,29-30H2,1-4H3/t19-,21?,22+,23+,24?,25?,26+,27-,28+/m0/s1. The summed E-state index contributed by atoms with van der Waals surface area (Å²) in [6, 6.07) is 0. The van der Waals surface area contributed by atoms with E-state index in [2.05, 4.69) is 25.8 Å². The Bertz CT molecular complexity index is 730. The Hall–Kier alpha value is -1.03. The van der Waals surface area contributed by atoms with Gasteiger partial charge in [0.05, 0.1) is 17.8 Å². The summed E-state index contributed by atoms with van der Waals surface area (Å²) in [5.74, 6) is 4.74. The van der Waals surface area contributed by atoms with E-state index in [4.69, 9.17) is 11.5 Å². The largest absolute Gasteiger partial charge is 0.403 e. The Balaban J connectivity index is 1.53. The fraction of sp³-hybridized carbons (Fsp3) is 0.893. The number of hydrogen-bond acceptors (Lipinski definition) is 4. The quantitative estimate of drug-likeness (QED) is 0.481. The number of hydrogen-bond donors (Lipinski definition) is 3. The van der Waals surface area contributed by atoms with Crippen molar-refractivity contribution in [2.75, 3.05) is 6.54 Å². The molecule has 0 saturated heterocycles. The van der Waals surface area contributed by atoms with Crippen molar-refractivity contribution >= 4 is 6.21 Å². The number of aliphatic hydroxyl groups is 1. The van der Waals surface area contributed by atoms with Crippen LogP contribution in [0.15, 0.2) is 16.9 Å². The van der Waals surface area contributed by atoms with E-state index in [-0.39, 0.29) is 5.41 Å². The van der Waals surface area contributed by atoms with Crippen molar-refractivity contribution in [3.63, 3.8) is 0 Å². The highest BCUT2D eigenvalue weighted by Gasteiger charge is 2.60. The van der Waals surface area contributed by atoms with Gasteiger partial charge in [-0.05, 0) is 105 Å². The maximum Gasteiger partial charge on any atom is 0.0847 e. The molecule has 0 heterocycles. The summed E-state index contributed by atoms with van der Waals surface area (Å²) in [6.45, 7) is 9.97. The maximum absolute atomic E-state index is 11.6. The van der Waals surface area contributed by atoms with Crippen molar-refractivity contribution in [3.05, 3.63) is 11.9 Å². The van der Waals surface area contributed by atoms with E-state index in [1.165, 1.54) is 70.4 Å². The van der Waals surface area contributed by atoms with Crippen LogP contribution in [0.25, 0.3) is 0 Å². The van der Waals surface area contributed by atoms with Crippen molar-refractivity contribution in [1.82, 2.24) is 0 Å². The molecule has 9 atom stereocenters. The van der Waals surface area contributed by atoms with Crippen molar-refractivity contribution in [1.29, 1.82) is 0 Å². The second kappa shape index (κ2) is 8.96. The third-order valence-electron chi connectivity index (χ3n) is 11.0. The molecule has 0 aromatic rings. The summed E-state index contributed by atoms with van der Waals surface area (Å²) >= 11 is 0. The van der Waals surface area contributed by atoms with Crippen LogP contribution in [0.3, 0.4) is 0 Å². The summed E-state index contributed by atoms with van der Waals surface area (Å²) in [7, 11) is 0. The first-order valence-corrected chi connectivity index (χ1v) is 13.5. The number of allylic oxidation sites excluding steroid dienone is 1. The second-order valence-corrected chi connectivity index (χ2v) is 12.8. The number of aliphatic imine (C=N–C) groups is 1. The minimum atomic E-state index is -0.798. The van der Waals surface area contributed by atoms with Crippen LogP contribution in [0.5, 0.6) is 0 Å². The molecule has 3 unspecified atom stereocenters. The van der Waals surface area contributed by atoms with Crippen LogP contribution in [0.2, 0.25) is 0 Å². The lowest BCUT2D eigenvalue weighted by molar-refractivity contribution is -0.169. The van der Waals surface area contributed by atoms with Crippen LogP contribution < -0.4 is 11.5 Å². The van der Waals surface area contributed by atoms with E-state index in [0.717, 1.165) is 36.0 Å². The molecule has 0 radical (unpaired) electrons. The summed E-state index contributed by atoms with van der Waals surface area (Å²) < 4.78 is 0. The van der Waals surface area contributed by atoms with Gasteiger partial charge in [0.1, 0.15) is 0 Å². The van der Waals surface area contributed by atoms with Crippen molar-refractivity contribution in [2.24, 2.45) is 62.8 Å². The molecule has 0 bridgehead atoms. The van der Waals surface area contributed by atoms with E-state index in [9.17, 15) is 5.11 Å². The van der Waals surface area contributed by atoms with Crippen LogP contribution in [0.1, 0.15) is 98.3 Å². The van der Waals surface area contributed by atoms with Crippen LogP contribution in [-0.2, 0) is 0 Å². The molecule has 4 aliphatic rings. The highest BCUT2D eigenvalue weighted by Crippen LogP contribution is 2.66. The summed E-state index contributed by atoms with van der Waals surface area (Å²) in [6.07, 6.45) is 17.9. The summed E-state index contributed by atoms with van der Waals surface area (Å²) in [5, 5.41) is 11.6. The zero-order valence-electron chi connectivity index (χ0n) is 21.2. The van der Waals surface area contributed by atoms with Gasteiger partial charge in [0.25, 0.3) is 0 Å². The number of rotatable bonds is 5. The normalized spacial score (nSPS) is 46.7. The molecule has 32 heavy (non-hydrogen) atoms. The lowest BCUT2D eigenvalue weighted by Gasteiger charge is -2.64. The third-order valence-corrected chi connectivity index (χ3v) is 11.0. The average molecular weight is 444 g/mol. The first-order valence-electron chi connectivity index (χ1n) is 13.5. The van der Waals surface area contributed by atoms with Gasteiger partial charge in [-0.2, -0.15) is 0 Å². The Morgan fingerprint density at radius 1 is 1.06 bits per heavy atom. The maximum atomic E-state index is 11.6. The van der Waals surface area contributed by atoms with Crippen LogP contribution >= 0.6 is 0 Å². The molecule has 0 aliphatic heterocycles. The fourth-order valence-electron chi connectivity index (χ4n) is 9.48. The minimum absolute atomic E-state index is 0.224. The van der Waals surface area contributed by atoms with Gasteiger partial charge in [0.15, 0.2) is 0 Å². The molecular formula is C28H49N3O. The zero-order chi connectivity index (χ0) is 23.1. The molecule has 4 rings (SSSR count). The fourth-order valence-corrected chi connectivity index (χ4v) is 9.48. The molecule has 0 amide bonds. The van der Waals surface area contributed by atoms with Gasteiger partial charge < -0.3 is 16.6 Å². The van der Waals surface area contributed by atoms with Crippen LogP contribution in [0.4, 0.5) is 0 Å². The smallest absolute Gasteiger partial charge is 0.0847 e. The minimum Gasteiger partial charge on any atom is -0.403 e. The molecule has 4 fully saturated rings. The lowest BCUT2D eigenvalue weighted by atomic mass is 9.41. The van der Waals surface area contributed by atoms with Gasteiger partial charge >= 0.3 is 0 Å². The Morgan fingerprint density at radius 3 is 2.50 bits per heavy atom. The average Bonchev–Trinajstić information content (AvgIpc) is 2.76. The lowest BCUT2D eigenvalue weighted by Crippen LogP contribution is -2.59. The van der Waals surface area contributed by atoms with E-state index < -0.39 is 5.60 Å². The second-order valence-electron chi connectivity index (χ2n) is 12.8. The first kappa shape index (κ1) is 24.1. The molecule has 5 N–H and O–H groups in total. The van der Waals surface area contributed by atoms with Gasteiger partial charge in [0, 0.05) is 12.4 Å². The SMILES string of the molecule is CC[C@H]1CC[C@@H]2C3CC[C@@]4(C)C(CCCC4[C@](C)(O)CN=CC(N)=CN)[C@@H]3CC[C@]2(C)C1. The predicted molar refractivity (Wildman–Crippen MR) is 134 cm³/mol. The molecule has 4 nitrogen and oxygen atoms in total. The van der Waals surface area contributed by atoms with E-state index in [0.29, 0.717) is 23.6 Å². The molecule has 0 aromatic carbocycles. The van der Waals surface area contributed by atoms with Crippen LogP contribution in [0, 0.1) is 46.3 Å². The van der Waals surface area contributed by atoms with E-state index in [1.807, 2.05) is 6.92 Å². The summed E-state index contributed by atoms with van der Waals surface area (Å²) in [4.78, 5) is 4.47. The van der Waals surface area contributed by atoms with Crippen molar-refractivity contribution in [3.8, 4) is 0 Å². The van der Waals surface area contributed by atoms with Gasteiger partial charge in [0.2, 0.25) is 0 Å². The molecule has 4 saturated carbocycles. The van der Waals surface area contributed by atoms with Gasteiger partial charge in [-0.3, -0.25) is 4.99 Å². The first-order chi connectivity index (χ1) is 15.1. The molecule has 0 aromatic heterocycles. The zero-order valence-corrected chi connectivity index (χ0v) is 21.2. The molecular weight excluding hydrogens is 394 g/mol. The Morgan fingerprint density at radius 2 is 1.78 bits per heavy atom. The molecule has 4 heteroatoms. The number of fused-ring (bicyclic) bond motifs is 5. The molecule has 182 valence electrons. The van der Waals surface area contributed by atoms with E-state index >= 15 is 0 Å². The van der Waals surface area contributed by atoms with Gasteiger partial charge in [-0.25, -0.2) is 0 Å².